The summed E-state index contributed by atoms with van der Waals surface area (Å²) in [5.74, 6) is -1.10. The second kappa shape index (κ2) is 11.2. The minimum atomic E-state index is -0.596. The highest BCUT2D eigenvalue weighted by atomic mass is 32.1. The number of amides is 2. The number of anilines is 1. The van der Waals surface area contributed by atoms with Crippen LogP contribution in [0.3, 0.4) is 0 Å². The van der Waals surface area contributed by atoms with Gasteiger partial charge < -0.3 is 15.0 Å². The van der Waals surface area contributed by atoms with Crippen LogP contribution >= 0.6 is 12.2 Å². The molecule has 0 aliphatic carbocycles. The zero-order valence-electron chi connectivity index (χ0n) is 15.9. The van der Waals surface area contributed by atoms with E-state index in [1.54, 1.807) is 31.2 Å². The summed E-state index contributed by atoms with van der Waals surface area (Å²) in [5.41, 5.74) is 1.27. The number of carbonyl (C=O) groups excluding carboxylic acids is 3. The molecule has 1 aliphatic rings. The standard InChI is InChI=1S/C20H25N3O4S/c1-2-27-18(25)12-11-17(24)22-20(28)21-16-9-7-15(8-10-16)19(26)23-13-5-3-4-6-14-23/h7-12H,2-6,13-14H2,1H3,(H2,21,22,24,28)/b12-11+. The van der Waals surface area contributed by atoms with E-state index in [1.807, 2.05) is 4.90 Å². The van der Waals surface area contributed by atoms with Crippen molar-refractivity contribution >= 4 is 40.8 Å². The Morgan fingerprint density at radius 3 is 2.32 bits per heavy atom. The SMILES string of the molecule is CCOC(=O)/C=C/C(=O)NC(=S)Nc1ccc(C(=O)N2CCCCCC2)cc1. The van der Waals surface area contributed by atoms with E-state index < -0.39 is 11.9 Å². The van der Waals surface area contributed by atoms with Crippen LogP contribution in [0.1, 0.15) is 43.0 Å². The van der Waals surface area contributed by atoms with Crippen molar-refractivity contribution in [2.24, 2.45) is 0 Å². The maximum Gasteiger partial charge on any atom is 0.330 e. The fourth-order valence-electron chi connectivity index (χ4n) is 2.80. The Labute approximate surface area is 170 Å². The number of carbonyl (C=O) groups is 3. The van der Waals surface area contributed by atoms with Crippen LogP contribution in [-0.2, 0) is 14.3 Å². The Hall–Kier alpha value is -2.74. The summed E-state index contributed by atoms with van der Waals surface area (Å²) in [6.45, 7) is 3.52. The number of nitrogens with zero attached hydrogens (tertiary/aromatic N) is 1. The largest absolute Gasteiger partial charge is 0.463 e. The lowest BCUT2D eigenvalue weighted by molar-refractivity contribution is -0.137. The van der Waals surface area contributed by atoms with Gasteiger partial charge in [0.1, 0.15) is 0 Å². The van der Waals surface area contributed by atoms with Crippen LogP contribution in [0.2, 0.25) is 0 Å². The van der Waals surface area contributed by atoms with Gasteiger partial charge in [-0.05, 0) is 56.2 Å². The number of hydrogen-bond acceptors (Lipinski definition) is 5. The minimum Gasteiger partial charge on any atom is -0.463 e. The molecule has 0 spiro atoms. The fourth-order valence-corrected chi connectivity index (χ4v) is 3.02. The van der Waals surface area contributed by atoms with Crippen LogP contribution in [0.25, 0.3) is 0 Å². The molecule has 2 amide bonds. The first-order valence-electron chi connectivity index (χ1n) is 9.35. The molecule has 150 valence electrons. The van der Waals surface area contributed by atoms with Gasteiger partial charge in [-0.3, -0.25) is 14.9 Å². The van der Waals surface area contributed by atoms with Crippen LogP contribution in [0.5, 0.6) is 0 Å². The summed E-state index contributed by atoms with van der Waals surface area (Å²) in [6.07, 6.45) is 6.52. The van der Waals surface area contributed by atoms with Gasteiger partial charge in [-0.15, -0.1) is 0 Å². The predicted molar refractivity (Wildman–Crippen MR) is 111 cm³/mol. The van der Waals surface area contributed by atoms with E-state index in [4.69, 9.17) is 12.2 Å². The van der Waals surface area contributed by atoms with Gasteiger partial charge in [0.15, 0.2) is 5.11 Å². The van der Waals surface area contributed by atoms with Crippen molar-refractivity contribution in [2.45, 2.75) is 32.6 Å². The Morgan fingerprint density at radius 1 is 1.07 bits per heavy atom. The first kappa shape index (κ1) is 21.6. The first-order valence-corrected chi connectivity index (χ1v) is 9.76. The topological polar surface area (TPSA) is 87.7 Å². The molecule has 0 atom stereocenters. The lowest BCUT2D eigenvalue weighted by Crippen LogP contribution is -2.33. The zero-order valence-corrected chi connectivity index (χ0v) is 16.7. The van der Waals surface area contributed by atoms with Crippen molar-refractivity contribution in [1.29, 1.82) is 0 Å². The molecule has 0 radical (unpaired) electrons. The third-order valence-electron chi connectivity index (χ3n) is 4.18. The molecule has 0 bridgehead atoms. The molecular weight excluding hydrogens is 378 g/mol. The highest BCUT2D eigenvalue weighted by Gasteiger charge is 2.17. The minimum absolute atomic E-state index is 0.0356. The maximum absolute atomic E-state index is 12.6. The highest BCUT2D eigenvalue weighted by molar-refractivity contribution is 7.80. The van der Waals surface area contributed by atoms with Crippen LogP contribution in [-0.4, -0.2) is 47.5 Å². The summed E-state index contributed by atoms with van der Waals surface area (Å²) < 4.78 is 4.69. The lowest BCUT2D eigenvalue weighted by Gasteiger charge is -2.20. The quantitative estimate of drug-likeness (QED) is 0.446. The number of likely N-dealkylation sites (tertiary alicyclic amines) is 1. The zero-order chi connectivity index (χ0) is 20.4. The van der Waals surface area contributed by atoms with Gasteiger partial charge in [-0.1, -0.05) is 12.8 Å². The first-order chi connectivity index (χ1) is 13.5. The number of ether oxygens (including phenoxy) is 1. The van der Waals surface area contributed by atoms with Gasteiger partial charge in [0, 0.05) is 36.5 Å². The summed E-state index contributed by atoms with van der Waals surface area (Å²) in [7, 11) is 0. The second-order valence-electron chi connectivity index (χ2n) is 6.31. The lowest BCUT2D eigenvalue weighted by atomic mass is 10.1. The molecule has 8 heteroatoms. The average molecular weight is 404 g/mol. The molecule has 2 rings (SSSR count). The van der Waals surface area contributed by atoms with Crippen molar-refractivity contribution in [1.82, 2.24) is 10.2 Å². The van der Waals surface area contributed by atoms with E-state index >= 15 is 0 Å². The van der Waals surface area contributed by atoms with Crippen LogP contribution < -0.4 is 10.6 Å². The number of esters is 1. The number of thiocarbonyl (C=S) groups is 1. The molecule has 1 saturated heterocycles. The van der Waals surface area contributed by atoms with Gasteiger partial charge in [0.25, 0.3) is 5.91 Å². The smallest absolute Gasteiger partial charge is 0.330 e. The number of benzene rings is 1. The van der Waals surface area contributed by atoms with Gasteiger partial charge >= 0.3 is 5.97 Å². The molecule has 0 aromatic heterocycles. The van der Waals surface area contributed by atoms with Crippen molar-refractivity contribution in [2.75, 3.05) is 25.0 Å². The number of nitrogens with one attached hydrogen (secondary N) is 2. The molecule has 1 aromatic carbocycles. The van der Waals surface area contributed by atoms with E-state index in [2.05, 4.69) is 15.4 Å². The summed E-state index contributed by atoms with van der Waals surface area (Å²) in [5, 5.41) is 5.39. The highest BCUT2D eigenvalue weighted by Crippen LogP contribution is 2.15. The molecule has 0 saturated carbocycles. The molecule has 1 aliphatic heterocycles. The Kier molecular flexibility index (Phi) is 8.61. The van der Waals surface area contributed by atoms with Gasteiger partial charge in [-0.2, -0.15) is 0 Å². The molecule has 1 aromatic rings. The van der Waals surface area contributed by atoms with Gasteiger partial charge in [0.05, 0.1) is 6.61 Å². The molecule has 1 fully saturated rings. The molecular formula is C20H25N3O4S. The van der Waals surface area contributed by atoms with Crippen molar-refractivity contribution < 1.29 is 19.1 Å². The van der Waals surface area contributed by atoms with Gasteiger partial charge in [-0.25, -0.2) is 4.79 Å². The van der Waals surface area contributed by atoms with Crippen LogP contribution in [0.4, 0.5) is 5.69 Å². The average Bonchev–Trinajstić information content (AvgIpc) is 2.96. The molecule has 7 nitrogen and oxygen atoms in total. The summed E-state index contributed by atoms with van der Waals surface area (Å²) in [6, 6.07) is 6.94. The normalized spacial score (nSPS) is 14.2. The number of hydrogen-bond donors (Lipinski definition) is 2. The summed E-state index contributed by atoms with van der Waals surface area (Å²) in [4.78, 5) is 37.4. The molecule has 0 unspecified atom stereocenters. The molecule has 28 heavy (non-hydrogen) atoms. The molecule has 2 N–H and O–H groups in total. The van der Waals surface area contributed by atoms with E-state index in [9.17, 15) is 14.4 Å². The third-order valence-corrected chi connectivity index (χ3v) is 4.38. The van der Waals surface area contributed by atoms with Crippen LogP contribution in [0, 0.1) is 0 Å². The maximum atomic E-state index is 12.6. The summed E-state index contributed by atoms with van der Waals surface area (Å²) >= 11 is 5.08. The van der Waals surface area contributed by atoms with Crippen molar-refractivity contribution in [3.8, 4) is 0 Å². The predicted octanol–water partition coefficient (Wildman–Crippen LogP) is 2.64. The number of rotatable bonds is 5. The van der Waals surface area contributed by atoms with E-state index in [0.29, 0.717) is 11.3 Å². The van der Waals surface area contributed by atoms with E-state index in [0.717, 1.165) is 38.1 Å². The van der Waals surface area contributed by atoms with Crippen molar-refractivity contribution in [3.63, 3.8) is 0 Å². The van der Waals surface area contributed by atoms with E-state index in [1.165, 1.54) is 12.8 Å². The van der Waals surface area contributed by atoms with Crippen molar-refractivity contribution in [3.05, 3.63) is 42.0 Å². The van der Waals surface area contributed by atoms with E-state index in [-0.39, 0.29) is 17.6 Å². The Morgan fingerprint density at radius 2 is 1.71 bits per heavy atom. The van der Waals surface area contributed by atoms with Crippen LogP contribution in [0.15, 0.2) is 36.4 Å². The third kappa shape index (κ3) is 7.11. The Balaban J connectivity index is 1.85. The van der Waals surface area contributed by atoms with Gasteiger partial charge in [0.2, 0.25) is 5.91 Å². The second-order valence-corrected chi connectivity index (χ2v) is 6.72. The molecule has 1 heterocycles. The fraction of sp³-hybridized carbons (Fsp3) is 0.400. The monoisotopic (exact) mass is 403 g/mol. The Bertz CT molecular complexity index is 738.